The molecular weight excluding hydrogens is 371 g/mol. The van der Waals surface area contributed by atoms with Gasteiger partial charge in [0.2, 0.25) is 0 Å². The molecule has 0 radical (unpaired) electrons. The van der Waals surface area contributed by atoms with E-state index in [2.05, 4.69) is 15.5 Å². The summed E-state index contributed by atoms with van der Waals surface area (Å²) in [6.07, 6.45) is -3.07. The molecule has 0 unspecified atom stereocenters. The number of para-hydroxylation sites is 1. The molecule has 0 bridgehead atoms. The number of ketones is 1. The molecular formula is C19H16F3N5O. The summed E-state index contributed by atoms with van der Waals surface area (Å²) in [7, 11) is 3.38. The van der Waals surface area contributed by atoms with Crippen LogP contribution in [-0.2, 0) is 6.18 Å². The van der Waals surface area contributed by atoms with Crippen LogP contribution in [0.2, 0.25) is 0 Å². The Morgan fingerprint density at radius 1 is 1.07 bits per heavy atom. The summed E-state index contributed by atoms with van der Waals surface area (Å²) in [5.74, 6) is -0.492. The molecule has 2 aromatic carbocycles. The smallest absolute Gasteiger partial charge is 0.383 e. The van der Waals surface area contributed by atoms with Gasteiger partial charge in [-0.15, -0.1) is 5.10 Å². The highest BCUT2D eigenvalue weighted by Crippen LogP contribution is 2.30. The molecule has 0 N–H and O–H groups in total. The van der Waals surface area contributed by atoms with Gasteiger partial charge < -0.3 is 4.90 Å². The second-order valence-electron chi connectivity index (χ2n) is 6.16. The van der Waals surface area contributed by atoms with Gasteiger partial charge in [-0.2, -0.15) is 17.9 Å². The van der Waals surface area contributed by atoms with E-state index in [1.54, 1.807) is 43.3 Å². The number of halogens is 3. The van der Waals surface area contributed by atoms with Gasteiger partial charge in [0.05, 0.1) is 16.8 Å². The van der Waals surface area contributed by atoms with Gasteiger partial charge in [-0.3, -0.25) is 4.79 Å². The Hall–Kier alpha value is -3.49. The Morgan fingerprint density at radius 3 is 2.43 bits per heavy atom. The molecule has 9 heteroatoms. The van der Waals surface area contributed by atoms with Crippen molar-refractivity contribution in [2.24, 2.45) is 0 Å². The maximum absolute atomic E-state index is 13.1. The molecule has 144 valence electrons. The first-order valence-electron chi connectivity index (χ1n) is 8.22. The van der Waals surface area contributed by atoms with Crippen molar-refractivity contribution in [1.82, 2.24) is 25.1 Å². The summed E-state index contributed by atoms with van der Waals surface area (Å²) in [5, 5.41) is 11.5. The first-order chi connectivity index (χ1) is 13.3. The quantitative estimate of drug-likeness (QED) is 0.496. The average Bonchev–Trinajstić information content (AvgIpc) is 3.15. The van der Waals surface area contributed by atoms with E-state index in [-0.39, 0.29) is 17.0 Å². The van der Waals surface area contributed by atoms with E-state index in [0.29, 0.717) is 5.69 Å². The Morgan fingerprint density at radius 2 is 1.79 bits per heavy atom. The summed E-state index contributed by atoms with van der Waals surface area (Å²) >= 11 is 0. The molecule has 0 spiro atoms. The Balaban J connectivity index is 2.09. The SMILES string of the molecule is CN(C)/C=C(\C(=O)c1cccc(C(F)(F)F)c1)c1nnnn1-c1ccccc1. The summed E-state index contributed by atoms with van der Waals surface area (Å²) in [6, 6.07) is 13.2. The van der Waals surface area contributed by atoms with Crippen LogP contribution in [0.5, 0.6) is 0 Å². The van der Waals surface area contributed by atoms with Crippen molar-refractivity contribution in [2.75, 3.05) is 14.1 Å². The van der Waals surface area contributed by atoms with Crippen LogP contribution in [0.4, 0.5) is 13.2 Å². The lowest BCUT2D eigenvalue weighted by Crippen LogP contribution is -2.14. The van der Waals surface area contributed by atoms with Crippen molar-refractivity contribution < 1.29 is 18.0 Å². The number of rotatable bonds is 5. The van der Waals surface area contributed by atoms with Gasteiger partial charge >= 0.3 is 6.18 Å². The van der Waals surface area contributed by atoms with E-state index in [4.69, 9.17) is 0 Å². The average molecular weight is 387 g/mol. The molecule has 0 aliphatic rings. The van der Waals surface area contributed by atoms with E-state index in [9.17, 15) is 18.0 Å². The number of hydrogen-bond donors (Lipinski definition) is 0. The van der Waals surface area contributed by atoms with Gasteiger partial charge in [0, 0.05) is 25.9 Å². The number of tetrazole rings is 1. The Bertz CT molecular complexity index is 1010. The number of aromatic nitrogens is 4. The highest BCUT2D eigenvalue weighted by atomic mass is 19.4. The van der Waals surface area contributed by atoms with E-state index < -0.39 is 17.5 Å². The Kier molecular flexibility index (Phi) is 5.25. The third-order valence-corrected chi connectivity index (χ3v) is 3.80. The van der Waals surface area contributed by atoms with Gasteiger partial charge in [-0.25, -0.2) is 0 Å². The van der Waals surface area contributed by atoms with Crippen LogP contribution in [0.25, 0.3) is 11.3 Å². The fraction of sp³-hybridized carbons (Fsp3) is 0.158. The largest absolute Gasteiger partial charge is 0.416 e. The summed E-state index contributed by atoms with van der Waals surface area (Å²) in [4.78, 5) is 14.7. The maximum atomic E-state index is 13.1. The van der Waals surface area contributed by atoms with E-state index in [0.717, 1.165) is 12.1 Å². The predicted molar refractivity (Wildman–Crippen MR) is 96.6 cm³/mol. The number of benzene rings is 2. The highest BCUT2D eigenvalue weighted by Gasteiger charge is 2.31. The van der Waals surface area contributed by atoms with E-state index in [1.165, 1.54) is 23.0 Å². The van der Waals surface area contributed by atoms with Crippen molar-refractivity contribution in [2.45, 2.75) is 6.18 Å². The molecule has 0 aliphatic carbocycles. The maximum Gasteiger partial charge on any atom is 0.416 e. The minimum Gasteiger partial charge on any atom is -0.383 e. The van der Waals surface area contributed by atoms with Crippen molar-refractivity contribution in [3.05, 3.63) is 77.7 Å². The summed E-state index contributed by atoms with van der Waals surface area (Å²) in [5.41, 5.74) is -0.321. The van der Waals surface area contributed by atoms with E-state index >= 15 is 0 Å². The number of carbonyl (C=O) groups excluding carboxylic acids is 1. The van der Waals surface area contributed by atoms with Crippen LogP contribution in [0, 0.1) is 0 Å². The van der Waals surface area contributed by atoms with Crippen LogP contribution in [-0.4, -0.2) is 45.0 Å². The second-order valence-corrected chi connectivity index (χ2v) is 6.16. The topological polar surface area (TPSA) is 63.9 Å². The normalized spacial score (nSPS) is 12.1. The molecule has 0 fully saturated rings. The van der Waals surface area contributed by atoms with Gasteiger partial charge in [0.1, 0.15) is 0 Å². The van der Waals surface area contributed by atoms with Crippen LogP contribution in [0.3, 0.4) is 0 Å². The van der Waals surface area contributed by atoms with Gasteiger partial charge in [-0.05, 0) is 34.7 Å². The fourth-order valence-corrected chi connectivity index (χ4v) is 2.57. The minimum atomic E-state index is -4.55. The minimum absolute atomic E-state index is 0.0678. The van der Waals surface area contributed by atoms with Crippen molar-refractivity contribution >= 4 is 11.4 Å². The zero-order valence-electron chi connectivity index (χ0n) is 15.1. The van der Waals surface area contributed by atoms with Crippen LogP contribution < -0.4 is 0 Å². The van der Waals surface area contributed by atoms with Crippen molar-refractivity contribution in [1.29, 1.82) is 0 Å². The molecule has 1 heterocycles. The van der Waals surface area contributed by atoms with Crippen molar-refractivity contribution in [3.8, 4) is 5.69 Å². The fourth-order valence-electron chi connectivity index (χ4n) is 2.57. The molecule has 0 aliphatic heterocycles. The number of allylic oxidation sites excluding steroid dienone is 1. The van der Waals surface area contributed by atoms with E-state index in [1.807, 2.05) is 6.07 Å². The molecule has 1 aromatic heterocycles. The van der Waals surface area contributed by atoms with Gasteiger partial charge in [-0.1, -0.05) is 30.3 Å². The molecule has 0 atom stereocenters. The third kappa shape index (κ3) is 4.08. The van der Waals surface area contributed by atoms with Crippen molar-refractivity contribution in [3.63, 3.8) is 0 Å². The van der Waals surface area contributed by atoms with Gasteiger partial charge in [0.15, 0.2) is 11.6 Å². The number of nitrogens with zero attached hydrogens (tertiary/aromatic N) is 5. The third-order valence-electron chi connectivity index (χ3n) is 3.80. The zero-order valence-corrected chi connectivity index (χ0v) is 15.1. The lowest BCUT2D eigenvalue weighted by molar-refractivity contribution is -0.137. The summed E-state index contributed by atoms with van der Waals surface area (Å²) in [6.45, 7) is 0. The molecule has 0 saturated heterocycles. The molecule has 3 rings (SSSR count). The number of hydrogen-bond acceptors (Lipinski definition) is 5. The zero-order chi connectivity index (χ0) is 20.3. The number of alkyl halides is 3. The molecule has 0 saturated carbocycles. The number of carbonyl (C=O) groups is 1. The molecule has 0 amide bonds. The predicted octanol–water partition coefficient (Wildman–Crippen LogP) is 3.47. The van der Waals surface area contributed by atoms with Gasteiger partial charge in [0.25, 0.3) is 0 Å². The molecule has 3 aromatic rings. The number of Topliss-reactive ketones (excluding diaryl/α,β-unsaturated/α-hetero) is 1. The molecule has 6 nitrogen and oxygen atoms in total. The first kappa shape index (κ1) is 19.3. The van der Waals surface area contributed by atoms with Crippen LogP contribution in [0.15, 0.2) is 60.8 Å². The lowest BCUT2D eigenvalue weighted by atomic mass is 10.0. The first-order valence-corrected chi connectivity index (χ1v) is 8.22. The highest BCUT2D eigenvalue weighted by molar-refractivity contribution is 6.28. The molecule has 28 heavy (non-hydrogen) atoms. The Labute approximate surface area is 158 Å². The van der Waals surface area contributed by atoms with Crippen LogP contribution in [0.1, 0.15) is 21.7 Å². The lowest BCUT2D eigenvalue weighted by Gasteiger charge is -2.13. The monoisotopic (exact) mass is 387 g/mol. The standard InChI is InChI=1S/C19H16F3N5O/c1-26(2)12-16(17(28)13-7-6-8-14(11-13)19(20,21)22)18-23-24-25-27(18)15-9-4-3-5-10-15/h3-12H,1-2H3/b16-12+. The second kappa shape index (κ2) is 7.63. The summed E-state index contributed by atoms with van der Waals surface area (Å²) < 4.78 is 40.5. The van der Waals surface area contributed by atoms with Crippen LogP contribution >= 0.6 is 0 Å².